The van der Waals surface area contributed by atoms with Gasteiger partial charge in [-0.05, 0) is 37.1 Å². The van der Waals surface area contributed by atoms with Gasteiger partial charge in [0.2, 0.25) is 0 Å². The van der Waals surface area contributed by atoms with E-state index in [2.05, 4.69) is 18.7 Å². The van der Waals surface area contributed by atoms with Crippen molar-refractivity contribution in [3.05, 3.63) is 0 Å². The highest BCUT2D eigenvalue weighted by Gasteiger charge is 2.38. The zero-order valence-electron chi connectivity index (χ0n) is 10.2. The van der Waals surface area contributed by atoms with Crippen LogP contribution in [0.2, 0.25) is 0 Å². The third kappa shape index (κ3) is 2.36. The molecule has 1 aliphatic heterocycles. The van der Waals surface area contributed by atoms with Crippen LogP contribution in [-0.4, -0.2) is 35.7 Å². The van der Waals surface area contributed by atoms with Gasteiger partial charge in [0.05, 0.1) is 0 Å². The first-order valence-corrected chi connectivity index (χ1v) is 6.48. The number of nitrogens with zero attached hydrogens (tertiary/aromatic N) is 1. The van der Waals surface area contributed by atoms with Gasteiger partial charge in [0, 0.05) is 19.2 Å². The van der Waals surface area contributed by atoms with Crippen LogP contribution in [-0.2, 0) is 0 Å². The molecule has 2 unspecified atom stereocenters. The van der Waals surface area contributed by atoms with Crippen LogP contribution in [0, 0.1) is 11.3 Å². The topological polar surface area (TPSA) is 23.5 Å². The molecule has 1 heterocycles. The van der Waals surface area contributed by atoms with Crippen molar-refractivity contribution in [2.24, 2.45) is 11.3 Å². The van der Waals surface area contributed by atoms with Crippen molar-refractivity contribution in [2.45, 2.75) is 52.0 Å². The molecule has 15 heavy (non-hydrogen) atoms. The Balaban J connectivity index is 1.97. The third-order valence-corrected chi connectivity index (χ3v) is 4.47. The highest BCUT2D eigenvalue weighted by Crippen LogP contribution is 2.40. The third-order valence-electron chi connectivity index (χ3n) is 4.47. The molecule has 0 radical (unpaired) electrons. The van der Waals surface area contributed by atoms with E-state index in [4.69, 9.17) is 0 Å². The largest absolute Gasteiger partial charge is 0.396 e. The van der Waals surface area contributed by atoms with E-state index >= 15 is 0 Å². The van der Waals surface area contributed by atoms with E-state index < -0.39 is 0 Å². The van der Waals surface area contributed by atoms with Gasteiger partial charge in [0.15, 0.2) is 0 Å². The van der Waals surface area contributed by atoms with E-state index in [9.17, 15) is 5.11 Å². The Labute approximate surface area is 93.7 Å². The number of hydrogen-bond acceptors (Lipinski definition) is 2. The molecule has 0 aromatic heterocycles. The maximum atomic E-state index is 9.19. The summed E-state index contributed by atoms with van der Waals surface area (Å²) in [6.45, 7) is 7.56. The van der Waals surface area contributed by atoms with E-state index in [-0.39, 0.29) is 0 Å². The van der Waals surface area contributed by atoms with Gasteiger partial charge < -0.3 is 5.11 Å². The Morgan fingerprint density at radius 2 is 2.07 bits per heavy atom. The highest BCUT2D eigenvalue weighted by atomic mass is 16.3. The predicted molar refractivity (Wildman–Crippen MR) is 62.8 cm³/mol. The summed E-state index contributed by atoms with van der Waals surface area (Å²) in [6.07, 6.45) is 6.74. The average Bonchev–Trinajstić information content (AvgIpc) is 2.65. The van der Waals surface area contributed by atoms with E-state index in [1.807, 2.05) is 0 Å². The molecule has 0 amide bonds. The zero-order chi connectivity index (χ0) is 10.9. The van der Waals surface area contributed by atoms with Gasteiger partial charge in [0.1, 0.15) is 0 Å². The van der Waals surface area contributed by atoms with Crippen molar-refractivity contribution in [3.8, 4) is 0 Å². The number of aliphatic hydroxyl groups is 1. The Morgan fingerprint density at radius 3 is 2.67 bits per heavy atom. The van der Waals surface area contributed by atoms with Crippen LogP contribution >= 0.6 is 0 Å². The molecule has 0 aromatic rings. The first-order chi connectivity index (χ1) is 7.13. The minimum atomic E-state index is 0.379. The average molecular weight is 211 g/mol. The fraction of sp³-hybridized carbons (Fsp3) is 1.00. The summed E-state index contributed by atoms with van der Waals surface area (Å²) in [5.74, 6) is 0.544. The molecule has 2 atom stereocenters. The lowest BCUT2D eigenvalue weighted by atomic mass is 9.72. The fourth-order valence-electron chi connectivity index (χ4n) is 3.45. The molecule has 1 saturated carbocycles. The van der Waals surface area contributed by atoms with Crippen LogP contribution in [0.3, 0.4) is 0 Å². The summed E-state index contributed by atoms with van der Waals surface area (Å²) in [4.78, 5) is 2.64. The van der Waals surface area contributed by atoms with Gasteiger partial charge in [-0.1, -0.05) is 26.7 Å². The molecule has 2 fully saturated rings. The second-order valence-electron chi connectivity index (χ2n) is 6.08. The summed E-state index contributed by atoms with van der Waals surface area (Å²) in [6, 6.07) is 0.766. The molecule has 2 aliphatic rings. The summed E-state index contributed by atoms with van der Waals surface area (Å²) in [5.41, 5.74) is 0.489. The standard InChI is InChI=1S/C13H25NO/c1-13(2)7-4-3-5-12(13)14-8-6-11(9-14)10-15/h11-12,15H,3-10H2,1-2H3. The fourth-order valence-corrected chi connectivity index (χ4v) is 3.45. The minimum absolute atomic E-state index is 0.379. The van der Waals surface area contributed by atoms with Gasteiger partial charge >= 0.3 is 0 Å². The summed E-state index contributed by atoms with van der Waals surface area (Å²) in [7, 11) is 0. The molecule has 0 spiro atoms. The Bertz CT molecular complexity index is 215. The molecule has 88 valence electrons. The molecular formula is C13H25NO. The molecule has 1 saturated heterocycles. The molecule has 0 bridgehead atoms. The van der Waals surface area contributed by atoms with Crippen LogP contribution in [0.4, 0.5) is 0 Å². The van der Waals surface area contributed by atoms with Crippen LogP contribution in [0.5, 0.6) is 0 Å². The van der Waals surface area contributed by atoms with Crippen LogP contribution in [0.1, 0.15) is 46.0 Å². The zero-order valence-corrected chi connectivity index (χ0v) is 10.2. The lowest BCUT2D eigenvalue weighted by Gasteiger charge is -2.44. The number of aliphatic hydroxyl groups excluding tert-OH is 1. The SMILES string of the molecule is CC1(C)CCCCC1N1CCC(CO)C1. The van der Waals surface area contributed by atoms with E-state index in [1.54, 1.807) is 0 Å². The van der Waals surface area contributed by atoms with Gasteiger partial charge in [0.25, 0.3) is 0 Å². The van der Waals surface area contributed by atoms with E-state index in [0.717, 1.165) is 12.6 Å². The quantitative estimate of drug-likeness (QED) is 0.757. The Hall–Kier alpha value is -0.0800. The van der Waals surface area contributed by atoms with Crippen molar-refractivity contribution in [1.82, 2.24) is 4.90 Å². The van der Waals surface area contributed by atoms with Gasteiger partial charge in [-0.3, -0.25) is 4.90 Å². The molecular weight excluding hydrogens is 186 g/mol. The van der Waals surface area contributed by atoms with Crippen molar-refractivity contribution in [1.29, 1.82) is 0 Å². The summed E-state index contributed by atoms with van der Waals surface area (Å²) < 4.78 is 0. The van der Waals surface area contributed by atoms with Crippen molar-refractivity contribution < 1.29 is 5.11 Å². The van der Waals surface area contributed by atoms with Gasteiger partial charge in [-0.15, -0.1) is 0 Å². The first-order valence-electron chi connectivity index (χ1n) is 6.48. The molecule has 0 aromatic carbocycles. The summed E-state index contributed by atoms with van der Waals surface area (Å²) in [5, 5.41) is 9.19. The van der Waals surface area contributed by atoms with E-state index in [0.29, 0.717) is 17.9 Å². The molecule has 1 N–H and O–H groups in total. The summed E-state index contributed by atoms with van der Waals surface area (Å²) >= 11 is 0. The van der Waals surface area contributed by atoms with Gasteiger partial charge in [-0.25, -0.2) is 0 Å². The second-order valence-corrected chi connectivity index (χ2v) is 6.08. The van der Waals surface area contributed by atoms with Crippen LogP contribution < -0.4 is 0 Å². The first kappa shape index (κ1) is 11.4. The molecule has 1 aliphatic carbocycles. The van der Waals surface area contributed by atoms with E-state index in [1.165, 1.54) is 38.6 Å². The highest BCUT2D eigenvalue weighted by molar-refractivity contribution is 4.92. The second kappa shape index (κ2) is 4.42. The molecule has 2 rings (SSSR count). The Kier molecular flexibility index (Phi) is 3.36. The normalized spacial score (nSPS) is 37.0. The number of hydrogen-bond donors (Lipinski definition) is 1. The molecule has 2 nitrogen and oxygen atoms in total. The van der Waals surface area contributed by atoms with Crippen LogP contribution in [0.25, 0.3) is 0 Å². The number of likely N-dealkylation sites (tertiary alicyclic amines) is 1. The van der Waals surface area contributed by atoms with Crippen molar-refractivity contribution >= 4 is 0 Å². The Morgan fingerprint density at radius 1 is 1.27 bits per heavy atom. The van der Waals surface area contributed by atoms with Crippen molar-refractivity contribution in [2.75, 3.05) is 19.7 Å². The maximum Gasteiger partial charge on any atom is 0.0471 e. The monoisotopic (exact) mass is 211 g/mol. The molecule has 2 heteroatoms. The van der Waals surface area contributed by atoms with Crippen LogP contribution in [0.15, 0.2) is 0 Å². The maximum absolute atomic E-state index is 9.19. The van der Waals surface area contributed by atoms with Crippen molar-refractivity contribution in [3.63, 3.8) is 0 Å². The lowest BCUT2D eigenvalue weighted by molar-refractivity contribution is 0.0612. The van der Waals surface area contributed by atoms with Gasteiger partial charge in [-0.2, -0.15) is 0 Å². The predicted octanol–water partition coefficient (Wildman–Crippen LogP) is 2.27. The lowest BCUT2D eigenvalue weighted by Crippen LogP contribution is -2.46. The smallest absolute Gasteiger partial charge is 0.0471 e. The number of rotatable bonds is 2. The minimum Gasteiger partial charge on any atom is -0.396 e.